The van der Waals surface area contributed by atoms with Gasteiger partial charge in [-0.3, -0.25) is 4.57 Å². The minimum absolute atomic E-state index is 0.0617. The second-order valence-corrected chi connectivity index (χ2v) is 6.25. The summed E-state index contributed by atoms with van der Waals surface area (Å²) in [6.07, 6.45) is 1.49. The van der Waals surface area contributed by atoms with Gasteiger partial charge in [-0.2, -0.15) is 13.2 Å². The maximum Gasteiger partial charge on any atom is 0.416 e. The monoisotopic (exact) mass is 338 g/mol. The van der Waals surface area contributed by atoms with Gasteiger partial charge in [0.2, 0.25) is 5.88 Å². The van der Waals surface area contributed by atoms with Gasteiger partial charge in [0.25, 0.3) is 0 Å². The van der Waals surface area contributed by atoms with Crippen LogP contribution in [0, 0.1) is 4.77 Å². The van der Waals surface area contributed by atoms with E-state index in [1.165, 1.54) is 16.7 Å². The number of fused-ring (bicyclic) bond motifs is 1. The van der Waals surface area contributed by atoms with Gasteiger partial charge in [0.05, 0.1) is 23.0 Å². The number of imidazole rings is 1. The van der Waals surface area contributed by atoms with Crippen molar-refractivity contribution < 1.29 is 18.3 Å². The molecule has 0 radical (unpaired) electrons. The van der Waals surface area contributed by atoms with Crippen LogP contribution in [0.3, 0.4) is 0 Å². The van der Waals surface area contributed by atoms with E-state index in [0.29, 0.717) is 10.5 Å². The highest BCUT2D eigenvalue weighted by molar-refractivity contribution is 7.71. The molecule has 3 heterocycles. The number of nitrogens with zero attached hydrogens (tertiary/aromatic N) is 2. The van der Waals surface area contributed by atoms with Crippen LogP contribution < -0.4 is 0 Å². The first-order valence-corrected chi connectivity index (χ1v) is 7.71. The van der Waals surface area contributed by atoms with E-state index >= 15 is 0 Å². The molecule has 23 heavy (non-hydrogen) atoms. The lowest BCUT2D eigenvalue weighted by atomic mass is 9.86. The zero-order chi connectivity index (χ0) is 16.4. The number of aromatic nitrogens is 2. The molecular weight excluding hydrogens is 325 g/mol. The van der Waals surface area contributed by atoms with Crippen LogP contribution in [0.2, 0.25) is 0 Å². The molecule has 5 rings (SSSR count). The van der Waals surface area contributed by atoms with Crippen LogP contribution in [0.15, 0.2) is 36.4 Å². The summed E-state index contributed by atoms with van der Waals surface area (Å²) in [6.45, 7) is 0. The Kier molecular flexibility index (Phi) is 3.00. The second kappa shape index (κ2) is 4.74. The lowest BCUT2D eigenvalue weighted by Gasteiger charge is -2.32. The first-order chi connectivity index (χ1) is 10.9. The molecule has 2 bridgehead atoms. The number of hydrogen-bond donors (Lipinski definition) is 1. The third kappa shape index (κ3) is 2.06. The van der Waals surface area contributed by atoms with E-state index in [-0.39, 0.29) is 23.5 Å². The summed E-state index contributed by atoms with van der Waals surface area (Å²) < 4.78 is 42.3. The molecule has 0 fully saturated rings. The van der Waals surface area contributed by atoms with Crippen molar-refractivity contribution in [2.24, 2.45) is 0 Å². The normalized spacial score (nSPS) is 22.4. The fourth-order valence-corrected chi connectivity index (χ4v) is 3.92. The van der Waals surface area contributed by atoms with E-state index in [4.69, 9.17) is 12.2 Å². The molecule has 2 atom stereocenters. The largest absolute Gasteiger partial charge is 0.493 e. The van der Waals surface area contributed by atoms with Crippen LogP contribution in [-0.4, -0.2) is 14.2 Å². The van der Waals surface area contributed by atoms with Gasteiger partial charge in [0, 0.05) is 5.92 Å². The molecular formula is C16H13F3N2OS. The molecule has 2 aliphatic heterocycles. The zero-order valence-electron chi connectivity index (χ0n) is 11.9. The maximum absolute atomic E-state index is 12.9. The van der Waals surface area contributed by atoms with Crippen molar-refractivity contribution in [3.8, 4) is 11.6 Å². The molecule has 2 aromatic rings. The van der Waals surface area contributed by atoms with Crippen LogP contribution in [0.1, 0.15) is 36.1 Å². The van der Waals surface area contributed by atoms with Gasteiger partial charge in [-0.1, -0.05) is 18.2 Å². The molecule has 7 heteroatoms. The van der Waals surface area contributed by atoms with Crippen molar-refractivity contribution in [1.29, 1.82) is 0 Å². The van der Waals surface area contributed by atoms with E-state index in [1.54, 1.807) is 0 Å². The average Bonchev–Trinajstić information content (AvgIpc) is 2.81. The Hall–Kier alpha value is -2.02. The van der Waals surface area contributed by atoms with Crippen LogP contribution in [0.5, 0.6) is 5.88 Å². The molecule has 3 aliphatic rings. The average molecular weight is 338 g/mol. The quantitative estimate of drug-likeness (QED) is 0.602. The summed E-state index contributed by atoms with van der Waals surface area (Å²) >= 11 is 5.43. The topological polar surface area (TPSA) is 30.1 Å². The highest BCUT2D eigenvalue weighted by Crippen LogP contribution is 2.46. The molecule has 1 aliphatic carbocycles. The Bertz CT molecular complexity index is 878. The Morgan fingerprint density at radius 3 is 2.57 bits per heavy atom. The summed E-state index contributed by atoms with van der Waals surface area (Å²) in [5, 5.41) is 10.6. The van der Waals surface area contributed by atoms with Gasteiger partial charge in [0.1, 0.15) is 0 Å². The Morgan fingerprint density at radius 2 is 1.96 bits per heavy atom. The lowest BCUT2D eigenvalue weighted by Crippen LogP contribution is -2.23. The molecule has 1 aromatic carbocycles. The second-order valence-electron chi connectivity index (χ2n) is 5.88. The molecule has 2 unspecified atom stereocenters. The standard InChI is InChI=1S/C16H13F3N2OS/c17-16(18,19)10-2-1-3-12(8-10)21-14(22)13-9-4-6-11(7-5-9)20(13)15(21)23/h1-4,6,8-9,11,22H,5,7H2. The van der Waals surface area contributed by atoms with Crippen LogP contribution in [0.25, 0.3) is 5.69 Å². The first kappa shape index (κ1) is 14.6. The van der Waals surface area contributed by atoms with Crippen molar-refractivity contribution in [1.82, 2.24) is 9.13 Å². The van der Waals surface area contributed by atoms with Gasteiger partial charge >= 0.3 is 6.18 Å². The summed E-state index contributed by atoms with van der Waals surface area (Å²) in [7, 11) is 0. The van der Waals surface area contributed by atoms with E-state index in [0.717, 1.165) is 25.0 Å². The van der Waals surface area contributed by atoms with Crippen LogP contribution >= 0.6 is 12.2 Å². The third-order valence-electron chi connectivity index (χ3n) is 4.55. The highest BCUT2D eigenvalue weighted by Gasteiger charge is 2.35. The summed E-state index contributed by atoms with van der Waals surface area (Å²) in [4.78, 5) is 0. The molecule has 1 aromatic heterocycles. The molecule has 0 saturated carbocycles. The number of aromatic hydroxyl groups is 1. The van der Waals surface area contributed by atoms with E-state index < -0.39 is 11.7 Å². The zero-order valence-corrected chi connectivity index (χ0v) is 12.7. The van der Waals surface area contributed by atoms with Crippen molar-refractivity contribution in [2.75, 3.05) is 0 Å². The van der Waals surface area contributed by atoms with E-state index in [9.17, 15) is 18.3 Å². The van der Waals surface area contributed by atoms with Gasteiger partial charge in [-0.15, -0.1) is 0 Å². The smallest absolute Gasteiger partial charge is 0.416 e. The van der Waals surface area contributed by atoms with Gasteiger partial charge in [0.15, 0.2) is 4.77 Å². The third-order valence-corrected chi connectivity index (χ3v) is 4.93. The SMILES string of the molecule is Oc1c2n(c(=S)n1-c1cccc(C(F)(F)F)c1)C1C=CC2CC1. The summed E-state index contributed by atoms with van der Waals surface area (Å²) in [5.41, 5.74) is 0.163. The minimum Gasteiger partial charge on any atom is -0.493 e. The van der Waals surface area contributed by atoms with Gasteiger partial charge in [-0.25, -0.2) is 0 Å². The number of benzene rings is 1. The number of rotatable bonds is 1. The van der Waals surface area contributed by atoms with Crippen molar-refractivity contribution >= 4 is 12.2 Å². The number of alkyl halides is 3. The molecule has 0 saturated heterocycles. The summed E-state index contributed by atoms with van der Waals surface area (Å²) in [6, 6.07) is 4.93. The van der Waals surface area contributed by atoms with Gasteiger partial charge < -0.3 is 9.67 Å². The molecule has 0 spiro atoms. The van der Waals surface area contributed by atoms with Crippen molar-refractivity contribution in [3.05, 3.63) is 52.4 Å². The lowest BCUT2D eigenvalue weighted by molar-refractivity contribution is -0.137. The van der Waals surface area contributed by atoms with E-state index in [1.807, 2.05) is 16.7 Å². The Balaban J connectivity index is 1.93. The fraction of sp³-hybridized carbons (Fsp3) is 0.312. The Morgan fingerprint density at radius 1 is 1.17 bits per heavy atom. The van der Waals surface area contributed by atoms with Crippen LogP contribution in [0.4, 0.5) is 13.2 Å². The fourth-order valence-electron chi connectivity index (χ4n) is 3.49. The van der Waals surface area contributed by atoms with Crippen molar-refractivity contribution in [3.63, 3.8) is 0 Å². The van der Waals surface area contributed by atoms with Crippen molar-refractivity contribution in [2.45, 2.75) is 31.0 Å². The summed E-state index contributed by atoms with van der Waals surface area (Å²) in [5.74, 6) is 0.00197. The molecule has 3 nitrogen and oxygen atoms in total. The number of hydrogen-bond acceptors (Lipinski definition) is 2. The first-order valence-electron chi connectivity index (χ1n) is 7.30. The van der Waals surface area contributed by atoms with Crippen LogP contribution in [-0.2, 0) is 6.18 Å². The van der Waals surface area contributed by atoms with E-state index in [2.05, 4.69) is 0 Å². The Labute approximate surface area is 135 Å². The number of halogens is 3. The highest BCUT2D eigenvalue weighted by atomic mass is 32.1. The minimum atomic E-state index is -4.44. The van der Waals surface area contributed by atoms with Gasteiger partial charge in [-0.05, 0) is 43.3 Å². The maximum atomic E-state index is 12.9. The molecule has 0 amide bonds. The predicted molar refractivity (Wildman–Crippen MR) is 81.4 cm³/mol. The molecule has 120 valence electrons. The predicted octanol–water partition coefficient (Wildman–Crippen LogP) is 4.72. The molecule has 1 N–H and O–H groups in total. The number of allylic oxidation sites excluding steroid dienone is 2.